The summed E-state index contributed by atoms with van der Waals surface area (Å²) in [5, 5.41) is 4.31. The van der Waals surface area contributed by atoms with Crippen molar-refractivity contribution in [3.8, 4) is 11.3 Å². The van der Waals surface area contributed by atoms with Gasteiger partial charge in [-0.2, -0.15) is 16.9 Å². The second-order valence-corrected chi connectivity index (χ2v) is 4.16. The van der Waals surface area contributed by atoms with Crippen molar-refractivity contribution in [3.05, 3.63) is 36.8 Å². The van der Waals surface area contributed by atoms with E-state index in [-0.39, 0.29) is 0 Å². The normalized spacial score (nSPS) is 10.5. The summed E-state index contributed by atoms with van der Waals surface area (Å²) >= 11 is 1.83. The molecule has 0 atom stereocenters. The molecule has 0 amide bonds. The van der Waals surface area contributed by atoms with Gasteiger partial charge in [0.25, 0.3) is 0 Å². The average molecular weight is 219 g/mol. The Labute approximate surface area is 93.5 Å². The SMILES string of the molecule is CSCCn1nccc1-c1cccnc1. The summed E-state index contributed by atoms with van der Waals surface area (Å²) in [6.45, 7) is 0.943. The Kier molecular flexibility index (Phi) is 3.40. The number of aryl methyl sites for hydroxylation is 1. The van der Waals surface area contributed by atoms with Crippen molar-refractivity contribution in [1.82, 2.24) is 14.8 Å². The van der Waals surface area contributed by atoms with Crippen LogP contribution in [0, 0.1) is 0 Å². The molecule has 0 aliphatic rings. The minimum absolute atomic E-state index is 0.943. The zero-order chi connectivity index (χ0) is 10.5. The molecule has 3 nitrogen and oxygen atoms in total. The lowest BCUT2D eigenvalue weighted by molar-refractivity contribution is 0.674. The van der Waals surface area contributed by atoms with Crippen LogP contribution in [0.25, 0.3) is 11.3 Å². The first-order valence-electron chi connectivity index (χ1n) is 4.83. The predicted molar refractivity (Wildman–Crippen MR) is 63.8 cm³/mol. The maximum atomic E-state index is 4.31. The van der Waals surface area contributed by atoms with E-state index >= 15 is 0 Å². The fourth-order valence-electron chi connectivity index (χ4n) is 1.45. The Morgan fingerprint density at radius 1 is 1.33 bits per heavy atom. The molecule has 15 heavy (non-hydrogen) atoms. The third-order valence-corrected chi connectivity index (χ3v) is 2.77. The minimum Gasteiger partial charge on any atom is -0.264 e. The van der Waals surface area contributed by atoms with E-state index in [1.807, 2.05) is 41.0 Å². The molecular formula is C11H13N3S. The predicted octanol–water partition coefficient (Wildman–Crippen LogP) is 2.31. The van der Waals surface area contributed by atoms with Crippen LogP contribution in [0.15, 0.2) is 36.8 Å². The van der Waals surface area contributed by atoms with Crippen LogP contribution in [0.2, 0.25) is 0 Å². The van der Waals surface area contributed by atoms with Gasteiger partial charge in [0, 0.05) is 29.9 Å². The van der Waals surface area contributed by atoms with E-state index in [0.29, 0.717) is 0 Å². The largest absolute Gasteiger partial charge is 0.264 e. The Morgan fingerprint density at radius 3 is 3.00 bits per heavy atom. The quantitative estimate of drug-likeness (QED) is 0.790. The Bertz CT molecular complexity index is 411. The number of hydrogen-bond donors (Lipinski definition) is 0. The van der Waals surface area contributed by atoms with Gasteiger partial charge in [-0.05, 0) is 24.5 Å². The maximum absolute atomic E-state index is 4.31. The van der Waals surface area contributed by atoms with E-state index in [2.05, 4.69) is 22.4 Å². The summed E-state index contributed by atoms with van der Waals surface area (Å²) in [5.74, 6) is 1.08. The van der Waals surface area contributed by atoms with Crippen LogP contribution in [0.5, 0.6) is 0 Å². The molecule has 0 aliphatic heterocycles. The molecule has 0 saturated heterocycles. The van der Waals surface area contributed by atoms with E-state index in [1.54, 1.807) is 6.20 Å². The van der Waals surface area contributed by atoms with Gasteiger partial charge in [-0.3, -0.25) is 9.67 Å². The van der Waals surface area contributed by atoms with Crippen LogP contribution in [0.4, 0.5) is 0 Å². The second kappa shape index (κ2) is 4.98. The van der Waals surface area contributed by atoms with Crippen LogP contribution in [0.3, 0.4) is 0 Å². The smallest absolute Gasteiger partial charge is 0.0698 e. The van der Waals surface area contributed by atoms with E-state index in [4.69, 9.17) is 0 Å². The van der Waals surface area contributed by atoms with Gasteiger partial charge in [0.05, 0.1) is 12.2 Å². The summed E-state index contributed by atoms with van der Waals surface area (Å²) in [6, 6.07) is 6.03. The van der Waals surface area contributed by atoms with Crippen molar-refractivity contribution >= 4 is 11.8 Å². The molecule has 2 aromatic heterocycles. The maximum Gasteiger partial charge on any atom is 0.0698 e. The lowest BCUT2D eigenvalue weighted by atomic mass is 10.2. The van der Waals surface area contributed by atoms with Crippen LogP contribution in [-0.4, -0.2) is 26.8 Å². The summed E-state index contributed by atoms with van der Waals surface area (Å²) < 4.78 is 2.02. The molecule has 0 aromatic carbocycles. The summed E-state index contributed by atoms with van der Waals surface area (Å²) in [7, 11) is 0. The number of rotatable bonds is 4. The van der Waals surface area contributed by atoms with Crippen molar-refractivity contribution in [1.29, 1.82) is 0 Å². The van der Waals surface area contributed by atoms with E-state index in [0.717, 1.165) is 23.6 Å². The second-order valence-electron chi connectivity index (χ2n) is 3.17. The molecule has 0 bridgehead atoms. The highest BCUT2D eigenvalue weighted by molar-refractivity contribution is 7.98. The number of hydrogen-bond acceptors (Lipinski definition) is 3. The van der Waals surface area contributed by atoms with Crippen molar-refractivity contribution in [2.75, 3.05) is 12.0 Å². The number of aromatic nitrogens is 3. The number of nitrogens with zero attached hydrogens (tertiary/aromatic N) is 3. The standard InChI is InChI=1S/C11H13N3S/c1-15-8-7-14-11(4-6-13-14)10-3-2-5-12-9-10/h2-6,9H,7-8H2,1H3. The third-order valence-electron chi connectivity index (χ3n) is 2.18. The van der Waals surface area contributed by atoms with Crippen molar-refractivity contribution in [3.63, 3.8) is 0 Å². The Balaban J connectivity index is 2.25. The number of thioether (sulfide) groups is 1. The fraction of sp³-hybridized carbons (Fsp3) is 0.273. The van der Waals surface area contributed by atoms with Crippen LogP contribution in [-0.2, 0) is 6.54 Å². The molecule has 0 saturated carbocycles. The first-order valence-corrected chi connectivity index (χ1v) is 6.22. The molecule has 0 aliphatic carbocycles. The molecular weight excluding hydrogens is 206 g/mol. The molecule has 0 N–H and O–H groups in total. The molecule has 78 valence electrons. The van der Waals surface area contributed by atoms with E-state index < -0.39 is 0 Å². The highest BCUT2D eigenvalue weighted by Crippen LogP contribution is 2.17. The Hall–Kier alpha value is -1.29. The van der Waals surface area contributed by atoms with E-state index in [1.165, 1.54) is 0 Å². The van der Waals surface area contributed by atoms with Gasteiger partial charge < -0.3 is 0 Å². The summed E-state index contributed by atoms with van der Waals surface area (Å²) in [4.78, 5) is 4.12. The van der Waals surface area contributed by atoms with Gasteiger partial charge in [-0.15, -0.1) is 0 Å². The highest BCUT2D eigenvalue weighted by atomic mass is 32.2. The van der Waals surface area contributed by atoms with Crippen LogP contribution >= 0.6 is 11.8 Å². The summed E-state index contributed by atoms with van der Waals surface area (Å²) in [6.07, 6.45) is 7.59. The Morgan fingerprint density at radius 2 is 2.27 bits per heavy atom. The van der Waals surface area contributed by atoms with Crippen molar-refractivity contribution < 1.29 is 0 Å². The molecule has 0 spiro atoms. The van der Waals surface area contributed by atoms with Gasteiger partial charge in [0.1, 0.15) is 0 Å². The van der Waals surface area contributed by atoms with Gasteiger partial charge in [0.15, 0.2) is 0 Å². The molecule has 0 fully saturated rings. The van der Waals surface area contributed by atoms with Gasteiger partial charge >= 0.3 is 0 Å². The zero-order valence-electron chi connectivity index (χ0n) is 8.63. The fourth-order valence-corrected chi connectivity index (χ4v) is 1.80. The summed E-state index contributed by atoms with van der Waals surface area (Å²) in [5.41, 5.74) is 2.26. The molecule has 4 heteroatoms. The lowest BCUT2D eigenvalue weighted by Gasteiger charge is -2.05. The van der Waals surface area contributed by atoms with Crippen LogP contribution < -0.4 is 0 Å². The van der Waals surface area contributed by atoms with Crippen molar-refractivity contribution in [2.24, 2.45) is 0 Å². The molecule has 0 radical (unpaired) electrons. The monoisotopic (exact) mass is 219 g/mol. The molecule has 0 unspecified atom stereocenters. The molecule has 2 aromatic rings. The molecule has 2 rings (SSSR count). The molecule has 2 heterocycles. The topological polar surface area (TPSA) is 30.7 Å². The first kappa shape index (κ1) is 10.2. The zero-order valence-corrected chi connectivity index (χ0v) is 9.44. The third kappa shape index (κ3) is 2.39. The first-order chi connectivity index (χ1) is 7.42. The number of pyridine rings is 1. The van der Waals surface area contributed by atoms with E-state index in [9.17, 15) is 0 Å². The van der Waals surface area contributed by atoms with Gasteiger partial charge in [0.2, 0.25) is 0 Å². The average Bonchev–Trinajstić information content (AvgIpc) is 2.75. The minimum atomic E-state index is 0.943. The van der Waals surface area contributed by atoms with Crippen molar-refractivity contribution in [2.45, 2.75) is 6.54 Å². The lowest BCUT2D eigenvalue weighted by Crippen LogP contribution is -2.04. The van der Waals surface area contributed by atoms with Crippen LogP contribution in [0.1, 0.15) is 0 Å². The highest BCUT2D eigenvalue weighted by Gasteiger charge is 2.03. The van der Waals surface area contributed by atoms with Gasteiger partial charge in [-0.1, -0.05) is 0 Å². The van der Waals surface area contributed by atoms with Gasteiger partial charge in [-0.25, -0.2) is 0 Å².